The Hall–Kier alpha value is -4.03. The predicted molar refractivity (Wildman–Crippen MR) is 119 cm³/mol. The summed E-state index contributed by atoms with van der Waals surface area (Å²) in [4.78, 5) is 26.2. The Morgan fingerprint density at radius 1 is 1.21 bits per heavy atom. The number of benzene rings is 2. The van der Waals surface area contributed by atoms with Crippen molar-refractivity contribution in [2.24, 2.45) is 5.73 Å². The highest BCUT2D eigenvalue weighted by molar-refractivity contribution is 7.07. The quantitative estimate of drug-likeness (QED) is 0.595. The second-order valence-corrected chi connectivity index (χ2v) is 8.10. The summed E-state index contributed by atoms with van der Waals surface area (Å²) >= 11 is 0.893. The van der Waals surface area contributed by atoms with Gasteiger partial charge in [0, 0.05) is 11.1 Å². The largest absolute Gasteiger partial charge is 0.462 e. The molecule has 6 nitrogen and oxygen atoms in total. The predicted octanol–water partition coefficient (Wildman–Crippen LogP) is 2.07. The molecule has 1 unspecified atom stereocenters. The molecule has 9 heteroatoms. The van der Waals surface area contributed by atoms with E-state index in [1.165, 1.54) is 42.5 Å². The number of aromatic nitrogens is 1. The Morgan fingerprint density at radius 3 is 2.52 bits per heavy atom. The summed E-state index contributed by atoms with van der Waals surface area (Å²) in [5, 5.41) is 9.86. The molecule has 1 aliphatic heterocycles. The Balaban J connectivity index is 2.14. The number of rotatable bonds is 4. The standard InChI is InChI=1S/C24H17F2N3O3S/c1-2-32-24(31)19-20(28)15(12-27)21(14-8-4-6-10-17(14)26)29-22(30)18(33-23(19)29)11-13-7-3-5-9-16(13)25/h3-11,21H,2,28H2,1H3/b18-11+. The fourth-order valence-electron chi connectivity index (χ4n) is 3.68. The SMILES string of the molecule is CCOC(=O)C1=c2s/c(=C/c3ccccc3F)c(=O)n2C(c2ccccc2F)C(C#N)=C1N. The number of fused-ring (bicyclic) bond motifs is 1. The van der Waals surface area contributed by atoms with Crippen molar-refractivity contribution in [2.75, 3.05) is 6.61 Å². The number of nitrogens with zero attached hydrogens (tertiary/aromatic N) is 2. The first-order valence-electron chi connectivity index (χ1n) is 9.92. The topological polar surface area (TPSA) is 98.1 Å². The van der Waals surface area contributed by atoms with E-state index in [0.29, 0.717) is 0 Å². The average molecular weight is 465 g/mol. The lowest BCUT2D eigenvalue weighted by Gasteiger charge is -2.25. The highest BCUT2D eigenvalue weighted by Crippen LogP contribution is 2.32. The van der Waals surface area contributed by atoms with Crippen molar-refractivity contribution in [1.82, 2.24) is 4.57 Å². The van der Waals surface area contributed by atoms with Crippen LogP contribution in [0.15, 0.2) is 64.6 Å². The number of hydrogen-bond donors (Lipinski definition) is 1. The van der Waals surface area contributed by atoms with E-state index in [1.807, 2.05) is 6.07 Å². The molecule has 166 valence electrons. The van der Waals surface area contributed by atoms with E-state index in [-0.39, 0.29) is 43.8 Å². The van der Waals surface area contributed by atoms with E-state index >= 15 is 0 Å². The second-order valence-electron chi connectivity index (χ2n) is 7.07. The number of nitriles is 1. The zero-order valence-corrected chi connectivity index (χ0v) is 18.2. The van der Waals surface area contributed by atoms with Crippen LogP contribution in [0.25, 0.3) is 11.6 Å². The molecule has 2 heterocycles. The Labute approximate surface area is 190 Å². The number of carbonyl (C=O) groups excluding carboxylic acids is 1. The first-order chi connectivity index (χ1) is 15.9. The van der Waals surface area contributed by atoms with Crippen LogP contribution in [-0.4, -0.2) is 17.1 Å². The molecular weight excluding hydrogens is 448 g/mol. The van der Waals surface area contributed by atoms with Crippen LogP contribution in [0.4, 0.5) is 8.78 Å². The first-order valence-corrected chi connectivity index (χ1v) is 10.7. The Morgan fingerprint density at radius 2 is 1.88 bits per heavy atom. The van der Waals surface area contributed by atoms with Gasteiger partial charge in [0.05, 0.1) is 28.5 Å². The zero-order chi connectivity index (χ0) is 23.7. The third-order valence-electron chi connectivity index (χ3n) is 5.15. The summed E-state index contributed by atoms with van der Waals surface area (Å²) in [6.45, 7) is 1.64. The molecule has 0 saturated carbocycles. The van der Waals surface area contributed by atoms with E-state index in [1.54, 1.807) is 19.1 Å². The molecule has 3 aromatic rings. The van der Waals surface area contributed by atoms with Crippen molar-refractivity contribution in [3.05, 3.63) is 102 Å². The molecule has 0 radical (unpaired) electrons. The van der Waals surface area contributed by atoms with Crippen LogP contribution >= 0.6 is 11.3 Å². The summed E-state index contributed by atoms with van der Waals surface area (Å²) in [5.41, 5.74) is 5.29. The molecule has 2 aromatic carbocycles. The lowest BCUT2D eigenvalue weighted by molar-refractivity contribution is -0.136. The number of hydrogen-bond acceptors (Lipinski definition) is 6. The van der Waals surface area contributed by atoms with E-state index in [4.69, 9.17) is 10.5 Å². The van der Waals surface area contributed by atoms with Gasteiger partial charge in [-0.15, -0.1) is 11.3 Å². The van der Waals surface area contributed by atoms with Crippen LogP contribution in [-0.2, 0) is 9.53 Å². The van der Waals surface area contributed by atoms with E-state index in [0.717, 1.165) is 15.9 Å². The van der Waals surface area contributed by atoms with Crippen LogP contribution in [0, 0.1) is 23.0 Å². The van der Waals surface area contributed by atoms with Gasteiger partial charge < -0.3 is 10.5 Å². The number of thiazole rings is 1. The summed E-state index contributed by atoms with van der Waals surface area (Å²) in [5.74, 6) is -2.00. The molecule has 0 spiro atoms. The van der Waals surface area contributed by atoms with Crippen molar-refractivity contribution < 1.29 is 18.3 Å². The monoisotopic (exact) mass is 465 g/mol. The maximum atomic E-state index is 14.8. The molecule has 1 aliphatic rings. The Kier molecular flexibility index (Phi) is 5.94. The maximum Gasteiger partial charge on any atom is 0.343 e. The third kappa shape index (κ3) is 3.75. The zero-order valence-electron chi connectivity index (χ0n) is 17.3. The van der Waals surface area contributed by atoms with E-state index in [2.05, 4.69) is 0 Å². The normalized spacial score (nSPS) is 15.9. The third-order valence-corrected chi connectivity index (χ3v) is 6.26. The summed E-state index contributed by atoms with van der Waals surface area (Å²) in [7, 11) is 0. The maximum absolute atomic E-state index is 14.8. The van der Waals surface area contributed by atoms with Gasteiger partial charge in [0.2, 0.25) is 0 Å². The molecule has 0 saturated heterocycles. The van der Waals surface area contributed by atoms with Gasteiger partial charge in [0.15, 0.2) is 0 Å². The number of ether oxygens (including phenoxy) is 1. The van der Waals surface area contributed by atoms with Crippen LogP contribution in [0.2, 0.25) is 0 Å². The fourth-order valence-corrected chi connectivity index (χ4v) is 4.84. The summed E-state index contributed by atoms with van der Waals surface area (Å²) < 4.78 is 35.5. The van der Waals surface area contributed by atoms with Crippen molar-refractivity contribution >= 4 is 29.0 Å². The second kappa shape index (κ2) is 8.84. The van der Waals surface area contributed by atoms with Crippen LogP contribution < -0.4 is 20.5 Å². The minimum absolute atomic E-state index is 0.0397. The Bertz CT molecular complexity index is 1530. The van der Waals surface area contributed by atoms with Gasteiger partial charge in [-0.3, -0.25) is 9.36 Å². The van der Waals surface area contributed by atoms with Crippen LogP contribution in [0.5, 0.6) is 0 Å². The molecule has 1 aromatic heterocycles. The number of allylic oxidation sites excluding steroid dienone is 1. The number of halogens is 2. The van der Waals surface area contributed by atoms with Gasteiger partial charge in [-0.25, -0.2) is 13.6 Å². The molecular formula is C24H17F2N3O3S. The summed E-state index contributed by atoms with van der Waals surface area (Å²) in [6.07, 6.45) is 1.34. The molecule has 0 amide bonds. The van der Waals surface area contributed by atoms with Gasteiger partial charge >= 0.3 is 5.97 Å². The molecule has 2 N–H and O–H groups in total. The van der Waals surface area contributed by atoms with E-state index < -0.39 is 29.2 Å². The average Bonchev–Trinajstić information content (AvgIpc) is 3.10. The minimum Gasteiger partial charge on any atom is -0.462 e. The molecule has 33 heavy (non-hydrogen) atoms. The van der Waals surface area contributed by atoms with Crippen LogP contribution in [0.3, 0.4) is 0 Å². The highest BCUT2D eigenvalue weighted by Gasteiger charge is 2.35. The van der Waals surface area contributed by atoms with Gasteiger partial charge in [0.25, 0.3) is 5.56 Å². The molecule has 0 aliphatic carbocycles. The lowest BCUT2D eigenvalue weighted by atomic mass is 9.92. The molecule has 0 bridgehead atoms. The van der Waals surface area contributed by atoms with Gasteiger partial charge in [-0.1, -0.05) is 36.4 Å². The van der Waals surface area contributed by atoms with Crippen LogP contribution in [0.1, 0.15) is 24.1 Å². The smallest absolute Gasteiger partial charge is 0.343 e. The lowest BCUT2D eigenvalue weighted by Crippen LogP contribution is -2.42. The number of carbonyl (C=O) groups is 1. The van der Waals surface area contributed by atoms with Gasteiger partial charge in [-0.2, -0.15) is 5.26 Å². The van der Waals surface area contributed by atoms with Crippen molar-refractivity contribution in [3.8, 4) is 6.07 Å². The number of nitrogens with two attached hydrogens (primary N) is 1. The minimum atomic E-state index is -1.20. The molecule has 1 atom stereocenters. The molecule has 4 rings (SSSR count). The van der Waals surface area contributed by atoms with Gasteiger partial charge in [-0.05, 0) is 25.1 Å². The van der Waals surface area contributed by atoms with Gasteiger partial charge in [0.1, 0.15) is 27.9 Å². The van der Waals surface area contributed by atoms with Crippen molar-refractivity contribution in [2.45, 2.75) is 13.0 Å². The summed E-state index contributed by atoms with van der Waals surface area (Å²) in [6, 6.07) is 12.3. The molecule has 0 fully saturated rings. The van der Waals surface area contributed by atoms with Crippen molar-refractivity contribution in [3.63, 3.8) is 0 Å². The first kappa shape index (κ1) is 22.2. The highest BCUT2D eigenvalue weighted by atomic mass is 32.1. The number of esters is 1. The van der Waals surface area contributed by atoms with E-state index in [9.17, 15) is 23.6 Å². The fraction of sp³-hybridized carbons (Fsp3) is 0.125. The van der Waals surface area contributed by atoms with Crippen molar-refractivity contribution in [1.29, 1.82) is 5.26 Å².